The SMILES string of the molecule is CCCc1ccc(OC[C@@H](O)CN2CCCC[C@@H]2C)cc1. The van der Waals surface area contributed by atoms with Gasteiger partial charge in [0.1, 0.15) is 18.5 Å². The molecule has 0 aliphatic carbocycles. The summed E-state index contributed by atoms with van der Waals surface area (Å²) in [5, 5.41) is 10.2. The molecule has 0 radical (unpaired) electrons. The van der Waals surface area contributed by atoms with Crippen molar-refractivity contribution in [2.75, 3.05) is 19.7 Å². The third-order valence-corrected chi connectivity index (χ3v) is 4.29. The number of ether oxygens (including phenoxy) is 1. The lowest BCUT2D eigenvalue weighted by Gasteiger charge is -2.34. The molecule has 0 saturated carbocycles. The van der Waals surface area contributed by atoms with Crippen molar-refractivity contribution in [3.05, 3.63) is 29.8 Å². The minimum Gasteiger partial charge on any atom is -0.491 e. The van der Waals surface area contributed by atoms with Gasteiger partial charge in [0.2, 0.25) is 0 Å². The molecule has 0 aromatic heterocycles. The summed E-state index contributed by atoms with van der Waals surface area (Å²) in [4.78, 5) is 2.38. The van der Waals surface area contributed by atoms with Crippen molar-refractivity contribution in [1.82, 2.24) is 4.90 Å². The van der Waals surface area contributed by atoms with E-state index in [1.807, 2.05) is 12.1 Å². The van der Waals surface area contributed by atoms with E-state index in [1.165, 1.54) is 24.8 Å². The lowest BCUT2D eigenvalue weighted by Crippen LogP contribution is -2.43. The fraction of sp³-hybridized carbons (Fsp3) is 0.667. The molecule has 1 fully saturated rings. The topological polar surface area (TPSA) is 32.7 Å². The van der Waals surface area contributed by atoms with Gasteiger partial charge in [-0.1, -0.05) is 31.9 Å². The number of hydrogen-bond acceptors (Lipinski definition) is 3. The average molecular weight is 291 g/mol. The molecule has 21 heavy (non-hydrogen) atoms. The Balaban J connectivity index is 1.73. The molecular formula is C18H29NO2. The summed E-state index contributed by atoms with van der Waals surface area (Å²) in [6, 6.07) is 8.81. The van der Waals surface area contributed by atoms with Crippen LogP contribution in [0.2, 0.25) is 0 Å². The summed E-state index contributed by atoms with van der Waals surface area (Å²) < 4.78 is 5.70. The number of β-amino-alcohol motifs (C(OH)–C–C–N with tert-alkyl or cyclic N) is 1. The summed E-state index contributed by atoms with van der Waals surface area (Å²) in [6.45, 7) is 6.62. The Morgan fingerprint density at radius 1 is 1.29 bits per heavy atom. The smallest absolute Gasteiger partial charge is 0.119 e. The van der Waals surface area contributed by atoms with Gasteiger partial charge in [0.25, 0.3) is 0 Å². The van der Waals surface area contributed by atoms with E-state index in [4.69, 9.17) is 4.74 Å². The Morgan fingerprint density at radius 3 is 2.71 bits per heavy atom. The van der Waals surface area contributed by atoms with Gasteiger partial charge in [-0.25, -0.2) is 0 Å². The molecule has 2 rings (SSSR count). The second-order valence-electron chi connectivity index (χ2n) is 6.20. The number of likely N-dealkylation sites (tertiary alicyclic amines) is 1. The van der Waals surface area contributed by atoms with Crippen LogP contribution in [0, 0.1) is 0 Å². The van der Waals surface area contributed by atoms with Crippen LogP contribution in [0.25, 0.3) is 0 Å². The largest absolute Gasteiger partial charge is 0.491 e. The Morgan fingerprint density at radius 2 is 2.05 bits per heavy atom. The third kappa shape index (κ3) is 5.33. The van der Waals surface area contributed by atoms with Crippen LogP contribution in [-0.4, -0.2) is 41.8 Å². The lowest BCUT2D eigenvalue weighted by atomic mass is 10.0. The molecule has 1 aliphatic heterocycles. The van der Waals surface area contributed by atoms with Gasteiger partial charge in [0, 0.05) is 12.6 Å². The molecule has 1 saturated heterocycles. The van der Waals surface area contributed by atoms with Crippen LogP contribution in [0.3, 0.4) is 0 Å². The molecule has 1 heterocycles. The van der Waals surface area contributed by atoms with Crippen molar-refractivity contribution in [3.63, 3.8) is 0 Å². The fourth-order valence-electron chi connectivity index (χ4n) is 2.99. The molecule has 0 spiro atoms. The van der Waals surface area contributed by atoms with Gasteiger partial charge >= 0.3 is 0 Å². The van der Waals surface area contributed by atoms with Crippen LogP contribution >= 0.6 is 0 Å². The normalized spacial score (nSPS) is 21.2. The van der Waals surface area contributed by atoms with Gasteiger partial charge in [-0.05, 0) is 50.4 Å². The van der Waals surface area contributed by atoms with Crippen molar-refractivity contribution in [3.8, 4) is 5.75 Å². The lowest BCUT2D eigenvalue weighted by molar-refractivity contribution is 0.0438. The molecule has 1 aliphatic rings. The molecule has 3 heteroatoms. The van der Waals surface area contributed by atoms with Gasteiger partial charge in [-0.15, -0.1) is 0 Å². The van der Waals surface area contributed by atoms with Crippen molar-refractivity contribution in [2.24, 2.45) is 0 Å². The second kappa shape index (κ2) is 8.40. The van der Waals surface area contributed by atoms with Crippen LogP contribution < -0.4 is 4.74 Å². The molecular weight excluding hydrogens is 262 g/mol. The minimum atomic E-state index is -0.416. The zero-order valence-corrected chi connectivity index (χ0v) is 13.4. The number of nitrogens with zero attached hydrogens (tertiary/aromatic N) is 1. The fourth-order valence-corrected chi connectivity index (χ4v) is 2.99. The quantitative estimate of drug-likeness (QED) is 0.837. The van der Waals surface area contributed by atoms with E-state index in [9.17, 15) is 5.11 Å². The predicted molar refractivity (Wildman–Crippen MR) is 86.8 cm³/mol. The Bertz CT molecular complexity index is 404. The third-order valence-electron chi connectivity index (χ3n) is 4.29. The zero-order chi connectivity index (χ0) is 15.1. The van der Waals surface area contributed by atoms with Crippen molar-refractivity contribution in [1.29, 1.82) is 0 Å². The highest BCUT2D eigenvalue weighted by Crippen LogP contribution is 2.17. The Kier molecular flexibility index (Phi) is 6.52. The van der Waals surface area contributed by atoms with Gasteiger partial charge in [-0.3, -0.25) is 4.90 Å². The van der Waals surface area contributed by atoms with Gasteiger partial charge in [0.05, 0.1) is 0 Å². The van der Waals surface area contributed by atoms with E-state index >= 15 is 0 Å². The van der Waals surface area contributed by atoms with Crippen LogP contribution in [-0.2, 0) is 6.42 Å². The molecule has 1 aromatic carbocycles. The van der Waals surface area contributed by atoms with Crippen LogP contribution in [0.4, 0.5) is 0 Å². The standard InChI is InChI=1S/C18H29NO2/c1-3-6-16-8-10-18(11-9-16)21-14-17(20)13-19-12-5-4-7-15(19)2/h8-11,15,17,20H,3-7,12-14H2,1-2H3/t15-,17-/m0/s1. The van der Waals surface area contributed by atoms with E-state index in [-0.39, 0.29) is 0 Å². The molecule has 1 aromatic rings. The van der Waals surface area contributed by atoms with Crippen molar-refractivity contribution >= 4 is 0 Å². The maximum absolute atomic E-state index is 10.2. The van der Waals surface area contributed by atoms with E-state index in [0.29, 0.717) is 12.6 Å². The molecule has 1 N–H and O–H groups in total. The second-order valence-corrected chi connectivity index (χ2v) is 6.20. The highest BCUT2D eigenvalue weighted by atomic mass is 16.5. The molecule has 0 bridgehead atoms. The number of rotatable bonds is 7. The van der Waals surface area contributed by atoms with E-state index in [1.54, 1.807) is 0 Å². The van der Waals surface area contributed by atoms with Gasteiger partial charge < -0.3 is 9.84 Å². The average Bonchev–Trinajstić information content (AvgIpc) is 2.49. The van der Waals surface area contributed by atoms with Crippen LogP contribution in [0.5, 0.6) is 5.75 Å². The summed E-state index contributed by atoms with van der Waals surface area (Å²) in [6.07, 6.45) is 5.65. The highest BCUT2D eigenvalue weighted by molar-refractivity contribution is 5.27. The van der Waals surface area contributed by atoms with E-state index in [2.05, 4.69) is 30.9 Å². The highest BCUT2D eigenvalue weighted by Gasteiger charge is 2.20. The summed E-state index contributed by atoms with van der Waals surface area (Å²) in [5.74, 6) is 0.848. The first-order chi connectivity index (χ1) is 10.2. The maximum atomic E-state index is 10.2. The Hall–Kier alpha value is -1.06. The number of aryl methyl sites for hydroxylation is 1. The van der Waals surface area contributed by atoms with E-state index < -0.39 is 6.10 Å². The van der Waals surface area contributed by atoms with Crippen LogP contribution in [0.1, 0.15) is 45.1 Å². The first-order valence-corrected chi connectivity index (χ1v) is 8.33. The monoisotopic (exact) mass is 291 g/mol. The number of aliphatic hydroxyl groups is 1. The molecule has 2 atom stereocenters. The Labute approximate surface area is 128 Å². The number of hydrogen-bond donors (Lipinski definition) is 1. The van der Waals surface area contributed by atoms with Crippen molar-refractivity contribution in [2.45, 2.75) is 58.1 Å². The summed E-state index contributed by atoms with van der Waals surface area (Å²) in [7, 11) is 0. The minimum absolute atomic E-state index is 0.371. The van der Waals surface area contributed by atoms with E-state index in [0.717, 1.165) is 31.7 Å². The first kappa shape index (κ1) is 16.3. The van der Waals surface area contributed by atoms with Gasteiger partial charge in [-0.2, -0.15) is 0 Å². The van der Waals surface area contributed by atoms with Gasteiger partial charge in [0.15, 0.2) is 0 Å². The van der Waals surface area contributed by atoms with Crippen LogP contribution in [0.15, 0.2) is 24.3 Å². The molecule has 118 valence electrons. The number of aliphatic hydroxyl groups excluding tert-OH is 1. The summed E-state index contributed by atoms with van der Waals surface area (Å²) >= 11 is 0. The maximum Gasteiger partial charge on any atom is 0.119 e. The number of benzene rings is 1. The molecule has 0 unspecified atom stereocenters. The predicted octanol–water partition coefficient (Wildman–Crippen LogP) is 3.25. The number of piperidine rings is 1. The molecule has 0 amide bonds. The first-order valence-electron chi connectivity index (χ1n) is 8.33. The van der Waals surface area contributed by atoms with Crippen molar-refractivity contribution < 1.29 is 9.84 Å². The zero-order valence-electron chi connectivity index (χ0n) is 13.4. The molecule has 3 nitrogen and oxygen atoms in total. The summed E-state index contributed by atoms with van der Waals surface area (Å²) in [5.41, 5.74) is 1.34.